The molecule has 3 aromatic rings. The SMILES string of the molecule is COc1ccc(NC(=O)C2CCN(c3cc(-c4ccc(F)cc4)ncn3)CC2)c(OC)c1. The number of methoxy groups -OCH3 is 2. The van der Waals surface area contributed by atoms with Gasteiger partial charge in [-0.3, -0.25) is 4.79 Å². The Kier molecular flexibility index (Phi) is 6.49. The zero-order valence-corrected chi connectivity index (χ0v) is 18.0. The maximum Gasteiger partial charge on any atom is 0.227 e. The van der Waals surface area contributed by atoms with Gasteiger partial charge in [-0.15, -0.1) is 0 Å². The van der Waals surface area contributed by atoms with Gasteiger partial charge in [0.25, 0.3) is 0 Å². The fraction of sp³-hybridized carbons (Fsp3) is 0.292. The van der Waals surface area contributed by atoms with E-state index in [2.05, 4.69) is 20.2 Å². The summed E-state index contributed by atoms with van der Waals surface area (Å²) in [4.78, 5) is 23.7. The highest BCUT2D eigenvalue weighted by atomic mass is 19.1. The molecular formula is C24H25FN4O3. The number of nitrogens with one attached hydrogen (secondary N) is 1. The lowest BCUT2D eigenvalue weighted by Gasteiger charge is -2.32. The van der Waals surface area contributed by atoms with Crippen LogP contribution in [-0.2, 0) is 4.79 Å². The molecule has 32 heavy (non-hydrogen) atoms. The quantitative estimate of drug-likeness (QED) is 0.626. The first kappa shape index (κ1) is 21.5. The van der Waals surface area contributed by atoms with E-state index >= 15 is 0 Å². The van der Waals surface area contributed by atoms with Gasteiger partial charge in [-0.25, -0.2) is 14.4 Å². The number of aromatic nitrogens is 2. The molecule has 1 amide bonds. The number of ether oxygens (including phenoxy) is 2. The summed E-state index contributed by atoms with van der Waals surface area (Å²) < 4.78 is 23.8. The molecule has 2 aromatic carbocycles. The predicted octanol–water partition coefficient (Wildman–Crippen LogP) is 4.16. The van der Waals surface area contributed by atoms with Crippen molar-refractivity contribution in [2.75, 3.05) is 37.5 Å². The molecule has 0 radical (unpaired) electrons. The van der Waals surface area contributed by atoms with E-state index in [1.54, 1.807) is 44.6 Å². The molecule has 0 bridgehead atoms. The summed E-state index contributed by atoms with van der Waals surface area (Å²) in [6.07, 6.45) is 2.93. The molecule has 4 rings (SSSR count). The van der Waals surface area contributed by atoms with Gasteiger partial charge in [0.1, 0.15) is 29.5 Å². The highest BCUT2D eigenvalue weighted by Crippen LogP contribution is 2.31. The van der Waals surface area contributed by atoms with E-state index in [9.17, 15) is 9.18 Å². The Morgan fingerprint density at radius 1 is 1.03 bits per heavy atom. The zero-order chi connectivity index (χ0) is 22.5. The lowest BCUT2D eigenvalue weighted by molar-refractivity contribution is -0.120. The van der Waals surface area contributed by atoms with Crippen LogP contribution in [0.15, 0.2) is 54.9 Å². The third-order valence-corrected chi connectivity index (χ3v) is 5.65. The van der Waals surface area contributed by atoms with Gasteiger partial charge in [0, 0.05) is 36.7 Å². The standard InChI is InChI=1S/C24H25FN4O3/c1-31-19-7-8-20(22(13-19)32-2)28-24(30)17-9-11-29(12-10-17)23-14-21(26-15-27-23)16-3-5-18(25)6-4-16/h3-8,13-15,17H,9-12H2,1-2H3,(H,28,30). The van der Waals surface area contributed by atoms with Crippen molar-refractivity contribution in [2.24, 2.45) is 5.92 Å². The van der Waals surface area contributed by atoms with E-state index < -0.39 is 0 Å². The van der Waals surface area contributed by atoms with Crippen molar-refractivity contribution in [1.82, 2.24) is 9.97 Å². The van der Waals surface area contributed by atoms with Crippen LogP contribution in [0.1, 0.15) is 12.8 Å². The van der Waals surface area contributed by atoms with Gasteiger partial charge in [-0.1, -0.05) is 0 Å². The molecule has 0 aliphatic carbocycles. The van der Waals surface area contributed by atoms with Crippen LogP contribution in [0.5, 0.6) is 11.5 Å². The van der Waals surface area contributed by atoms with Gasteiger partial charge in [0.2, 0.25) is 5.91 Å². The molecule has 0 atom stereocenters. The summed E-state index contributed by atoms with van der Waals surface area (Å²) in [5.41, 5.74) is 2.19. The van der Waals surface area contributed by atoms with Crippen LogP contribution in [0.25, 0.3) is 11.3 Å². The van der Waals surface area contributed by atoms with Gasteiger partial charge in [-0.05, 0) is 49.2 Å². The zero-order valence-electron chi connectivity index (χ0n) is 18.0. The van der Waals surface area contributed by atoms with Crippen molar-refractivity contribution in [1.29, 1.82) is 0 Å². The Hall–Kier alpha value is -3.68. The average molecular weight is 436 g/mol. The first-order valence-electron chi connectivity index (χ1n) is 10.4. The first-order chi connectivity index (χ1) is 15.6. The second-order valence-electron chi connectivity index (χ2n) is 7.59. The van der Waals surface area contributed by atoms with Crippen LogP contribution >= 0.6 is 0 Å². The summed E-state index contributed by atoms with van der Waals surface area (Å²) in [5, 5.41) is 2.98. The number of amides is 1. The van der Waals surface area contributed by atoms with Crippen molar-refractivity contribution >= 4 is 17.4 Å². The smallest absolute Gasteiger partial charge is 0.227 e. The van der Waals surface area contributed by atoms with E-state index in [0.29, 0.717) is 43.1 Å². The number of carbonyl (C=O) groups is 1. The predicted molar refractivity (Wildman–Crippen MR) is 121 cm³/mol. The molecule has 1 N–H and O–H groups in total. The lowest BCUT2D eigenvalue weighted by Crippen LogP contribution is -2.38. The number of rotatable bonds is 6. The Bertz CT molecular complexity index is 1080. The molecule has 166 valence electrons. The third kappa shape index (κ3) is 4.80. The molecule has 1 aromatic heterocycles. The summed E-state index contributed by atoms with van der Waals surface area (Å²) in [6.45, 7) is 1.41. The van der Waals surface area contributed by atoms with E-state index in [1.165, 1.54) is 18.5 Å². The van der Waals surface area contributed by atoms with Gasteiger partial charge in [0.15, 0.2) is 0 Å². The van der Waals surface area contributed by atoms with Crippen LogP contribution in [0.3, 0.4) is 0 Å². The number of hydrogen-bond acceptors (Lipinski definition) is 6. The Morgan fingerprint density at radius 2 is 1.78 bits per heavy atom. The fourth-order valence-electron chi connectivity index (χ4n) is 3.81. The number of nitrogens with zero attached hydrogens (tertiary/aromatic N) is 3. The maximum absolute atomic E-state index is 13.2. The Labute approximate surface area is 186 Å². The first-order valence-corrected chi connectivity index (χ1v) is 10.4. The molecule has 0 unspecified atom stereocenters. The van der Waals surface area contributed by atoms with Gasteiger partial charge in [0.05, 0.1) is 25.6 Å². The average Bonchev–Trinajstić information content (AvgIpc) is 2.85. The molecule has 7 nitrogen and oxygen atoms in total. The minimum absolute atomic E-state index is 0.0252. The number of halogens is 1. The summed E-state index contributed by atoms with van der Waals surface area (Å²) >= 11 is 0. The van der Waals surface area contributed by atoms with Gasteiger partial charge < -0.3 is 19.7 Å². The maximum atomic E-state index is 13.2. The number of hydrogen-bond donors (Lipinski definition) is 1. The second-order valence-corrected chi connectivity index (χ2v) is 7.59. The van der Waals surface area contributed by atoms with Crippen LogP contribution < -0.4 is 19.7 Å². The Morgan fingerprint density at radius 3 is 2.47 bits per heavy atom. The molecule has 0 saturated carbocycles. The van der Waals surface area contributed by atoms with Gasteiger partial charge >= 0.3 is 0 Å². The number of carbonyl (C=O) groups excluding carboxylic acids is 1. The molecule has 1 aliphatic heterocycles. The largest absolute Gasteiger partial charge is 0.497 e. The van der Waals surface area contributed by atoms with Crippen molar-refractivity contribution in [3.63, 3.8) is 0 Å². The molecule has 0 spiro atoms. The minimum Gasteiger partial charge on any atom is -0.497 e. The molecule has 1 saturated heterocycles. The van der Waals surface area contributed by atoms with Crippen LogP contribution in [-0.4, -0.2) is 43.2 Å². The highest BCUT2D eigenvalue weighted by molar-refractivity contribution is 5.94. The van der Waals surface area contributed by atoms with Crippen LogP contribution in [0.2, 0.25) is 0 Å². The van der Waals surface area contributed by atoms with E-state index in [4.69, 9.17) is 9.47 Å². The Balaban J connectivity index is 1.39. The molecule has 1 aliphatic rings. The third-order valence-electron chi connectivity index (χ3n) is 5.65. The number of piperidine rings is 1. The molecule has 1 fully saturated rings. The summed E-state index contributed by atoms with van der Waals surface area (Å²) in [5.74, 6) is 1.62. The van der Waals surface area contributed by atoms with Crippen molar-refractivity contribution in [2.45, 2.75) is 12.8 Å². The highest BCUT2D eigenvalue weighted by Gasteiger charge is 2.26. The van der Waals surface area contributed by atoms with Crippen molar-refractivity contribution in [3.8, 4) is 22.8 Å². The minimum atomic E-state index is -0.282. The van der Waals surface area contributed by atoms with Crippen molar-refractivity contribution in [3.05, 3.63) is 60.7 Å². The van der Waals surface area contributed by atoms with Gasteiger partial charge in [-0.2, -0.15) is 0 Å². The summed E-state index contributed by atoms with van der Waals surface area (Å²) in [7, 11) is 3.14. The summed E-state index contributed by atoms with van der Waals surface area (Å²) in [6, 6.07) is 13.4. The van der Waals surface area contributed by atoms with Crippen LogP contribution in [0, 0.1) is 11.7 Å². The topological polar surface area (TPSA) is 76.6 Å². The fourth-order valence-corrected chi connectivity index (χ4v) is 3.81. The number of anilines is 2. The monoisotopic (exact) mass is 436 g/mol. The molecule has 2 heterocycles. The number of benzene rings is 2. The van der Waals surface area contributed by atoms with E-state index in [-0.39, 0.29) is 17.6 Å². The van der Waals surface area contributed by atoms with E-state index in [0.717, 1.165) is 17.1 Å². The van der Waals surface area contributed by atoms with Crippen LogP contribution in [0.4, 0.5) is 15.9 Å². The molecular weight excluding hydrogens is 411 g/mol. The lowest BCUT2D eigenvalue weighted by atomic mass is 9.95. The normalized spacial score (nSPS) is 14.2. The van der Waals surface area contributed by atoms with E-state index in [1.807, 2.05) is 6.07 Å². The second kappa shape index (κ2) is 9.64. The van der Waals surface area contributed by atoms with Crippen molar-refractivity contribution < 1.29 is 18.7 Å². The molecule has 8 heteroatoms.